The lowest BCUT2D eigenvalue weighted by Crippen LogP contribution is -2.42. The van der Waals surface area contributed by atoms with Crippen LogP contribution in [0, 0.1) is 5.41 Å². The molecule has 9 heteroatoms. The molecule has 1 aromatic rings. The van der Waals surface area contributed by atoms with Crippen molar-refractivity contribution < 1.29 is 13.2 Å². The summed E-state index contributed by atoms with van der Waals surface area (Å²) in [7, 11) is -1.61. The van der Waals surface area contributed by atoms with Gasteiger partial charge >= 0.3 is 0 Å². The summed E-state index contributed by atoms with van der Waals surface area (Å²) in [5, 5.41) is 6.76. The van der Waals surface area contributed by atoms with Gasteiger partial charge in [0.1, 0.15) is 0 Å². The fourth-order valence-electron chi connectivity index (χ4n) is 3.31. The van der Waals surface area contributed by atoms with Crippen LogP contribution in [0.3, 0.4) is 0 Å². The zero-order chi connectivity index (χ0) is 22.2. The largest absolute Gasteiger partial charge is 0.379 e. The van der Waals surface area contributed by atoms with Crippen molar-refractivity contribution in [2.45, 2.75) is 58.9 Å². The quantitative estimate of drug-likeness (QED) is 0.287. The second-order valence-electron chi connectivity index (χ2n) is 9.11. The molecule has 2 rings (SSSR count). The molecule has 1 atom stereocenters. The second-order valence-corrected chi connectivity index (χ2v) is 11.1. The van der Waals surface area contributed by atoms with Crippen LogP contribution in [-0.2, 0) is 27.1 Å². The van der Waals surface area contributed by atoms with E-state index in [2.05, 4.69) is 43.3 Å². The number of aliphatic imine (C=N–C) groups is 1. The lowest BCUT2D eigenvalue weighted by Gasteiger charge is -2.26. The number of sulfonamides is 1. The molecule has 1 aliphatic heterocycles. The number of morpholine rings is 1. The highest BCUT2D eigenvalue weighted by molar-refractivity contribution is 14.0. The molecule has 1 aliphatic rings. The van der Waals surface area contributed by atoms with Crippen LogP contribution in [-0.4, -0.2) is 58.1 Å². The molecule has 31 heavy (non-hydrogen) atoms. The fraction of sp³-hybridized carbons (Fsp3) is 0.682. The van der Waals surface area contributed by atoms with Gasteiger partial charge in [-0.2, -0.15) is 4.31 Å². The van der Waals surface area contributed by atoms with Crippen LogP contribution in [0.25, 0.3) is 0 Å². The number of rotatable bonds is 8. The Balaban J connectivity index is 0.00000480. The Morgan fingerprint density at radius 2 is 1.81 bits per heavy atom. The van der Waals surface area contributed by atoms with E-state index in [1.165, 1.54) is 4.31 Å². The first-order valence-corrected chi connectivity index (χ1v) is 12.3. The average molecular weight is 567 g/mol. The molecule has 0 saturated carbocycles. The van der Waals surface area contributed by atoms with Gasteiger partial charge in [-0.25, -0.2) is 8.42 Å². The maximum Gasteiger partial charge on any atom is 0.218 e. The second kappa shape index (κ2) is 13.0. The molecule has 0 bridgehead atoms. The molecule has 1 heterocycles. The van der Waals surface area contributed by atoms with Crippen molar-refractivity contribution in [3.8, 4) is 0 Å². The highest BCUT2D eigenvalue weighted by atomic mass is 127. The minimum Gasteiger partial charge on any atom is -0.379 e. The van der Waals surface area contributed by atoms with Crippen molar-refractivity contribution in [2.24, 2.45) is 10.4 Å². The Hall–Kier alpha value is -0.910. The Bertz CT molecular complexity index is 803. The topological polar surface area (TPSA) is 83.0 Å². The van der Waals surface area contributed by atoms with E-state index in [-0.39, 0.29) is 29.7 Å². The van der Waals surface area contributed by atoms with E-state index in [1.54, 1.807) is 7.05 Å². The third kappa shape index (κ3) is 10.0. The molecule has 178 valence electrons. The highest BCUT2D eigenvalue weighted by Gasteiger charge is 2.25. The van der Waals surface area contributed by atoms with Crippen molar-refractivity contribution in [3.63, 3.8) is 0 Å². The average Bonchev–Trinajstić information content (AvgIpc) is 2.70. The van der Waals surface area contributed by atoms with E-state index < -0.39 is 10.0 Å². The first kappa shape index (κ1) is 28.1. The first-order chi connectivity index (χ1) is 14.1. The Labute approximate surface area is 205 Å². The molecule has 7 nitrogen and oxygen atoms in total. The Morgan fingerprint density at radius 1 is 1.19 bits per heavy atom. The van der Waals surface area contributed by atoms with Gasteiger partial charge in [-0.1, -0.05) is 45.0 Å². The van der Waals surface area contributed by atoms with E-state index in [9.17, 15) is 8.42 Å². The number of guanidine groups is 1. The van der Waals surface area contributed by atoms with Crippen LogP contribution in [0.2, 0.25) is 0 Å². The number of nitrogens with one attached hydrogen (secondary N) is 2. The van der Waals surface area contributed by atoms with Crippen molar-refractivity contribution in [2.75, 3.05) is 33.4 Å². The number of hydrogen-bond acceptors (Lipinski definition) is 4. The lowest BCUT2D eigenvalue weighted by atomic mass is 9.89. The molecular formula is C22H39IN4O3S. The van der Waals surface area contributed by atoms with E-state index in [0.29, 0.717) is 44.3 Å². The molecule has 0 amide bonds. The number of benzene rings is 1. The molecule has 1 aromatic carbocycles. The summed E-state index contributed by atoms with van der Waals surface area (Å²) >= 11 is 0. The monoisotopic (exact) mass is 566 g/mol. The minimum atomic E-state index is -3.36. The van der Waals surface area contributed by atoms with E-state index in [0.717, 1.165) is 29.9 Å². The smallest absolute Gasteiger partial charge is 0.218 e. The Kier molecular flexibility index (Phi) is 11.8. The van der Waals surface area contributed by atoms with E-state index in [1.807, 2.05) is 24.3 Å². The van der Waals surface area contributed by atoms with Crippen LogP contribution in [0.4, 0.5) is 0 Å². The van der Waals surface area contributed by atoms with Gasteiger partial charge in [0.15, 0.2) is 5.96 Å². The molecule has 0 aromatic heterocycles. The van der Waals surface area contributed by atoms with Gasteiger partial charge in [0, 0.05) is 32.7 Å². The van der Waals surface area contributed by atoms with Gasteiger partial charge in [-0.15, -0.1) is 24.0 Å². The van der Waals surface area contributed by atoms with Gasteiger partial charge in [0.25, 0.3) is 0 Å². The summed E-state index contributed by atoms with van der Waals surface area (Å²) in [6, 6.07) is 7.97. The van der Waals surface area contributed by atoms with Crippen molar-refractivity contribution in [1.82, 2.24) is 14.9 Å². The maximum absolute atomic E-state index is 12.8. The standard InChI is InChI=1S/C22H38N4O3S.HI/c1-18(10-11-22(2,3)4)25-21(23-5)24-16-19-8-6-7-9-20(19)17-30(27,28)26-12-14-29-15-13-26;/h6-9,18H,10-17H2,1-5H3,(H2,23,24,25);1H. The summed E-state index contributed by atoms with van der Waals surface area (Å²) in [6.45, 7) is 11.2. The SMILES string of the molecule is CN=C(NCc1ccccc1CS(=O)(=O)N1CCOCC1)NC(C)CCC(C)(C)C.I. The summed E-state index contributed by atoms with van der Waals surface area (Å²) in [5.41, 5.74) is 2.07. The number of hydrogen-bond donors (Lipinski definition) is 2. The van der Waals surface area contributed by atoms with Crippen LogP contribution < -0.4 is 10.6 Å². The van der Waals surface area contributed by atoms with Gasteiger partial charge < -0.3 is 15.4 Å². The molecular weight excluding hydrogens is 527 g/mol. The number of ether oxygens (including phenoxy) is 1. The third-order valence-corrected chi connectivity index (χ3v) is 7.03. The van der Waals surface area contributed by atoms with Crippen molar-refractivity contribution >= 4 is 40.0 Å². The van der Waals surface area contributed by atoms with Gasteiger partial charge in [-0.3, -0.25) is 4.99 Å². The number of halogens is 1. The Morgan fingerprint density at radius 3 is 2.39 bits per heavy atom. The summed E-state index contributed by atoms with van der Waals surface area (Å²) in [5.74, 6) is 0.723. The molecule has 1 saturated heterocycles. The third-order valence-electron chi connectivity index (χ3n) is 5.20. The minimum absolute atomic E-state index is 0. The van der Waals surface area contributed by atoms with Crippen LogP contribution in [0.15, 0.2) is 29.3 Å². The lowest BCUT2D eigenvalue weighted by molar-refractivity contribution is 0.0729. The van der Waals surface area contributed by atoms with Crippen LogP contribution >= 0.6 is 24.0 Å². The fourth-order valence-corrected chi connectivity index (χ4v) is 4.87. The molecule has 2 N–H and O–H groups in total. The molecule has 1 unspecified atom stereocenters. The van der Waals surface area contributed by atoms with E-state index in [4.69, 9.17) is 4.74 Å². The predicted molar refractivity (Wildman–Crippen MR) is 138 cm³/mol. The predicted octanol–water partition coefficient (Wildman–Crippen LogP) is 3.35. The summed E-state index contributed by atoms with van der Waals surface area (Å²) in [6.07, 6.45) is 2.18. The van der Waals surface area contributed by atoms with Gasteiger partial charge in [-0.05, 0) is 36.3 Å². The normalized spacial score (nSPS) is 17.0. The molecule has 0 aliphatic carbocycles. The summed E-state index contributed by atoms with van der Waals surface area (Å²) in [4.78, 5) is 4.32. The highest BCUT2D eigenvalue weighted by Crippen LogP contribution is 2.21. The number of nitrogens with zero attached hydrogens (tertiary/aromatic N) is 2. The zero-order valence-corrected chi connectivity index (χ0v) is 22.6. The zero-order valence-electron chi connectivity index (χ0n) is 19.5. The van der Waals surface area contributed by atoms with Gasteiger partial charge in [0.2, 0.25) is 10.0 Å². The van der Waals surface area contributed by atoms with Crippen molar-refractivity contribution in [1.29, 1.82) is 0 Å². The van der Waals surface area contributed by atoms with E-state index >= 15 is 0 Å². The van der Waals surface area contributed by atoms with Gasteiger partial charge in [0.05, 0.1) is 19.0 Å². The molecule has 0 spiro atoms. The first-order valence-electron chi connectivity index (χ1n) is 10.7. The maximum atomic E-state index is 12.8. The molecule has 1 fully saturated rings. The summed E-state index contributed by atoms with van der Waals surface area (Å²) < 4.78 is 32.4. The molecule has 0 radical (unpaired) electrons. The van der Waals surface area contributed by atoms with Crippen LogP contribution in [0.5, 0.6) is 0 Å². The van der Waals surface area contributed by atoms with Crippen molar-refractivity contribution in [3.05, 3.63) is 35.4 Å². The van der Waals surface area contributed by atoms with Crippen LogP contribution in [0.1, 0.15) is 51.7 Å².